The lowest BCUT2D eigenvalue weighted by molar-refractivity contribution is 0.0697. The van der Waals surface area contributed by atoms with E-state index in [2.05, 4.69) is 10.3 Å². The van der Waals surface area contributed by atoms with Crippen LogP contribution in [0.5, 0.6) is 0 Å². The van der Waals surface area contributed by atoms with E-state index in [1.165, 1.54) is 24.6 Å². The molecule has 6 nitrogen and oxygen atoms in total. The van der Waals surface area contributed by atoms with E-state index in [9.17, 15) is 9.59 Å². The molecule has 0 aliphatic heterocycles. The Bertz CT molecular complexity index is 651. The van der Waals surface area contributed by atoms with Gasteiger partial charge in [-0.15, -0.1) is 0 Å². The van der Waals surface area contributed by atoms with Crippen LogP contribution < -0.4 is 5.32 Å². The standard InChI is InChI=1S/C12H9ClN2O4/c1-6-10(14-5-19-6)11(16)15-7-2-3-8(12(17)18)9(13)4-7/h2-5H,1H3,(H,15,16)(H,17,18). The Morgan fingerprint density at radius 2 is 2.16 bits per heavy atom. The Morgan fingerprint density at radius 1 is 1.42 bits per heavy atom. The second-order valence-corrected chi connectivity index (χ2v) is 4.12. The minimum Gasteiger partial charge on any atom is -0.478 e. The number of aromatic nitrogens is 1. The lowest BCUT2D eigenvalue weighted by Crippen LogP contribution is -2.13. The van der Waals surface area contributed by atoms with E-state index >= 15 is 0 Å². The zero-order valence-electron chi connectivity index (χ0n) is 9.81. The molecule has 0 unspecified atom stereocenters. The van der Waals surface area contributed by atoms with Gasteiger partial charge in [0, 0.05) is 5.69 Å². The van der Waals surface area contributed by atoms with Gasteiger partial charge >= 0.3 is 5.97 Å². The van der Waals surface area contributed by atoms with Crippen LogP contribution in [0.15, 0.2) is 29.0 Å². The average Bonchev–Trinajstić information content (AvgIpc) is 2.75. The van der Waals surface area contributed by atoms with Crippen molar-refractivity contribution in [2.24, 2.45) is 0 Å². The molecule has 0 radical (unpaired) electrons. The molecule has 0 atom stereocenters. The summed E-state index contributed by atoms with van der Waals surface area (Å²) in [5.74, 6) is -1.19. The number of carboxylic acids is 1. The first kappa shape index (κ1) is 13.1. The molecule has 0 aliphatic carbocycles. The van der Waals surface area contributed by atoms with Crippen LogP contribution in [0.1, 0.15) is 26.6 Å². The van der Waals surface area contributed by atoms with Crippen LogP contribution in [0.3, 0.4) is 0 Å². The first-order chi connectivity index (χ1) is 8.99. The number of carboxylic acid groups (broad SMARTS) is 1. The van der Waals surface area contributed by atoms with Gasteiger partial charge in [0.25, 0.3) is 5.91 Å². The second-order valence-electron chi connectivity index (χ2n) is 3.71. The fraction of sp³-hybridized carbons (Fsp3) is 0.0833. The lowest BCUT2D eigenvalue weighted by Gasteiger charge is -2.05. The number of nitrogens with one attached hydrogen (secondary N) is 1. The van der Waals surface area contributed by atoms with Crippen LogP contribution >= 0.6 is 11.6 Å². The number of carbonyl (C=O) groups excluding carboxylic acids is 1. The highest BCUT2D eigenvalue weighted by atomic mass is 35.5. The monoisotopic (exact) mass is 280 g/mol. The first-order valence-electron chi connectivity index (χ1n) is 5.23. The maximum Gasteiger partial charge on any atom is 0.337 e. The molecule has 19 heavy (non-hydrogen) atoms. The van der Waals surface area contributed by atoms with Crippen molar-refractivity contribution in [2.75, 3.05) is 5.32 Å². The van der Waals surface area contributed by atoms with E-state index in [0.29, 0.717) is 11.4 Å². The summed E-state index contributed by atoms with van der Waals surface area (Å²) in [5, 5.41) is 11.4. The van der Waals surface area contributed by atoms with Crippen molar-refractivity contribution in [1.82, 2.24) is 4.98 Å². The summed E-state index contributed by atoms with van der Waals surface area (Å²) in [6.45, 7) is 1.61. The van der Waals surface area contributed by atoms with E-state index in [4.69, 9.17) is 21.1 Å². The van der Waals surface area contributed by atoms with Gasteiger partial charge in [0.1, 0.15) is 5.76 Å². The van der Waals surface area contributed by atoms with E-state index in [1.807, 2.05) is 0 Å². The van der Waals surface area contributed by atoms with Gasteiger partial charge in [0.15, 0.2) is 12.1 Å². The third kappa shape index (κ3) is 2.74. The maximum atomic E-state index is 11.8. The van der Waals surface area contributed by atoms with Crippen molar-refractivity contribution >= 4 is 29.2 Å². The molecule has 7 heteroatoms. The summed E-state index contributed by atoms with van der Waals surface area (Å²) < 4.78 is 4.92. The Labute approximate surface area is 113 Å². The van der Waals surface area contributed by atoms with Gasteiger partial charge in [-0.3, -0.25) is 4.79 Å². The van der Waals surface area contributed by atoms with E-state index in [-0.39, 0.29) is 16.3 Å². The Morgan fingerprint density at radius 3 is 2.68 bits per heavy atom. The number of anilines is 1. The minimum atomic E-state index is -1.13. The number of aromatic carboxylic acids is 1. The maximum absolute atomic E-state index is 11.8. The van der Waals surface area contributed by atoms with Crippen LogP contribution in [-0.4, -0.2) is 22.0 Å². The molecule has 98 valence electrons. The smallest absolute Gasteiger partial charge is 0.337 e. The summed E-state index contributed by atoms with van der Waals surface area (Å²) in [7, 11) is 0. The van der Waals surface area contributed by atoms with Crippen LogP contribution in [0.2, 0.25) is 5.02 Å². The second kappa shape index (κ2) is 5.11. The van der Waals surface area contributed by atoms with Gasteiger partial charge in [-0.2, -0.15) is 0 Å². The zero-order chi connectivity index (χ0) is 14.0. The fourth-order valence-corrected chi connectivity index (χ4v) is 1.74. The zero-order valence-corrected chi connectivity index (χ0v) is 10.6. The average molecular weight is 281 g/mol. The molecule has 0 spiro atoms. The van der Waals surface area contributed by atoms with Gasteiger partial charge in [-0.05, 0) is 25.1 Å². The number of aryl methyl sites for hydroxylation is 1. The number of amides is 1. The summed E-state index contributed by atoms with van der Waals surface area (Å²) >= 11 is 5.80. The molecule has 0 bridgehead atoms. The minimum absolute atomic E-state index is 0.0303. The topological polar surface area (TPSA) is 92.4 Å². The van der Waals surface area contributed by atoms with E-state index < -0.39 is 11.9 Å². The predicted molar refractivity (Wildman–Crippen MR) is 67.6 cm³/mol. The summed E-state index contributed by atoms with van der Waals surface area (Å²) in [6.07, 6.45) is 1.17. The molecule has 2 rings (SSSR count). The molecule has 1 amide bonds. The molecule has 2 aromatic rings. The van der Waals surface area contributed by atoms with Gasteiger partial charge in [-0.25, -0.2) is 9.78 Å². The quantitative estimate of drug-likeness (QED) is 0.901. The van der Waals surface area contributed by atoms with Gasteiger partial charge in [-0.1, -0.05) is 11.6 Å². The highest BCUT2D eigenvalue weighted by Gasteiger charge is 2.15. The molecule has 1 aromatic heterocycles. The Hall–Kier alpha value is -2.34. The number of carbonyl (C=O) groups is 2. The molecule has 0 fully saturated rings. The van der Waals surface area contributed by atoms with Gasteiger partial charge < -0.3 is 14.8 Å². The number of hydrogen-bond acceptors (Lipinski definition) is 4. The number of hydrogen-bond donors (Lipinski definition) is 2. The SMILES string of the molecule is Cc1ocnc1C(=O)Nc1ccc(C(=O)O)c(Cl)c1. The predicted octanol–water partition coefficient (Wildman–Crippen LogP) is 2.59. The van der Waals surface area contributed by atoms with Crippen LogP contribution in [0.4, 0.5) is 5.69 Å². The summed E-state index contributed by atoms with van der Waals surface area (Å²) in [4.78, 5) is 26.4. The third-order valence-corrected chi connectivity index (χ3v) is 2.73. The lowest BCUT2D eigenvalue weighted by atomic mass is 10.2. The number of nitrogens with zero attached hydrogens (tertiary/aromatic N) is 1. The van der Waals surface area contributed by atoms with Crippen LogP contribution in [0.25, 0.3) is 0 Å². The molecular weight excluding hydrogens is 272 g/mol. The van der Waals surface area contributed by atoms with Crippen molar-refractivity contribution in [3.8, 4) is 0 Å². The molecular formula is C12H9ClN2O4. The highest BCUT2D eigenvalue weighted by Crippen LogP contribution is 2.21. The van der Waals surface area contributed by atoms with Gasteiger partial charge in [0.05, 0.1) is 10.6 Å². The molecule has 0 saturated carbocycles. The number of rotatable bonds is 3. The van der Waals surface area contributed by atoms with Crippen LogP contribution in [-0.2, 0) is 0 Å². The molecule has 0 saturated heterocycles. The van der Waals surface area contributed by atoms with Gasteiger partial charge in [0.2, 0.25) is 0 Å². The number of oxazole rings is 1. The highest BCUT2D eigenvalue weighted by molar-refractivity contribution is 6.33. The Kier molecular flexibility index (Phi) is 3.52. The van der Waals surface area contributed by atoms with E-state index in [0.717, 1.165) is 0 Å². The van der Waals surface area contributed by atoms with E-state index in [1.54, 1.807) is 6.92 Å². The van der Waals surface area contributed by atoms with Crippen molar-refractivity contribution in [3.05, 3.63) is 46.6 Å². The molecule has 0 aliphatic rings. The normalized spacial score (nSPS) is 10.2. The number of benzene rings is 1. The molecule has 1 heterocycles. The molecule has 1 aromatic carbocycles. The Balaban J connectivity index is 2.21. The van der Waals surface area contributed by atoms with Crippen molar-refractivity contribution in [2.45, 2.75) is 6.92 Å². The van der Waals surface area contributed by atoms with Crippen LogP contribution in [0, 0.1) is 6.92 Å². The molecule has 2 N–H and O–H groups in total. The summed E-state index contributed by atoms with van der Waals surface area (Å²) in [6, 6.07) is 4.12. The largest absolute Gasteiger partial charge is 0.478 e. The van der Waals surface area contributed by atoms with Crippen molar-refractivity contribution < 1.29 is 19.1 Å². The number of halogens is 1. The fourth-order valence-electron chi connectivity index (χ4n) is 1.48. The van der Waals surface area contributed by atoms with Crippen molar-refractivity contribution in [1.29, 1.82) is 0 Å². The first-order valence-corrected chi connectivity index (χ1v) is 5.61. The third-order valence-electron chi connectivity index (χ3n) is 2.42. The van der Waals surface area contributed by atoms with Crippen molar-refractivity contribution in [3.63, 3.8) is 0 Å². The summed E-state index contributed by atoms with van der Waals surface area (Å²) in [5.41, 5.74) is 0.512.